The Morgan fingerprint density at radius 3 is 2.05 bits per heavy atom. The van der Waals surface area contributed by atoms with Gasteiger partial charge in [0.05, 0.1) is 13.2 Å². The summed E-state index contributed by atoms with van der Waals surface area (Å²) in [5.41, 5.74) is 4.20. The molecule has 0 spiro atoms. The van der Waals surface area contributed by atoms with Crippen LogP contribution in [0.15, 0.2) is 78.9 Å². The first-order valence-electron chi connectivity index (χ1n) is 11.9. The van der Waals surface area contributed by atoms with Crippen LogP contribution in [0.1, 0.15) is 40.8 Å². The fourth-order valence-electron chi connectivity index (χ4n) is 4.00. The molecule has 0 radical (unpaired) electrons. The van der Waals surface area contributed by atoms with Crippen LogP contribution in [0.25, 0.3) is 12.2 Å². The molecule has 6 heteroatoms. The summed E-state index contributed by atoms with van der Waals surface area (Å²) in [5.74, 6) is -1.71. The smallest absolute Gasteiger partial charge is 0.217 e. The van der Waals surface area contributed by atoms with E-state index < -0.39 is 23.5 Å². The third-order valence-corrected chi connectivity index (χ3v) is 6.14. The van der Waals surface area contributed by atoms with Crippen LogP contribution in [0, 0.1) is 19.8 Å². The third kappa shape index (κ3) is 7.76. The van der Waals surface area contributed by atoms with E-state index in [4.69, 9.17) is 16.3 Å². The monoisotopic (exact) mass is 515 g/mol. The van der Waals surface area contributed by atoms with Crippen molar-refractivity contribution in [3.63, 3.8) is 0 Å². The average molecular weight is 516 g/mol. The quantitative estimate of drug-likeness (QED) is 0.253. The van der Waals surface area contributed by atoms with Gasteiger partial charge in [-0.15, -0.1) is 0 Å². The van der Waals surface area contributed by atoms with Crippen molar-refractivity contribution in [3.8, 4) is 5.75 Å². The molecule has 3 aromatic carbocycles. The maximum Gasteiger partial charge on any atom is 0.217 e. The van der Waals surface area contributed by atoms with Gasteiger partial charge in [-0.1, -0.05) is 77.8 Å². The summed E-state index contributed by atoms with van der Waals surface area (Å²) < 4.78 is 5.37. The minimum Gasteiger partial charge on any atom is -0.496 e. The minimum atomic E-state index is -1.19. The van der Waals surface area contributed by atoms with E-state index in [1.807, 2.05) is 56.3 Å². The summed E-state index contributed by atoms with van der Waals surface area (Å²) in [6.07, 6.45) is 6.08. The molecule has 1 amide bonds. The zero-order valence-electron chi connectivity index (χ0n) is 21.3. The molecule has 0 aliphatic heterocycles. The lowest BCUT2D eigenvalue weighted by atomic mass is 9.85. The number of halogens is 1. The molecule has 37 heavy (non-hydrogen) atoms. The first kappa shape index (κ1) is 27.6. The van der Waals surface area contributed by atoms with Crippen LogP contribution < -0.4 is 10.1 Å². The number of benzene rings is 3. The van der Waals surface area contributed by atoms with Crippen molar-refractivity contribution in [2.24, 2.45) is 5.92 Å². The number of carbonyl (C=O) groups excluding carboxylic acids is 3. The second kappa shape index (κ2) is 12.8. The van der Waals surface area contributed by atoms with Crippen LogP contribution in [-0.2, 0) is 14.4 Å². The van der Waals surface area contributed by atoms with Crippen molar-refractivity contribution in [2.75, 3.05) is 7.11 Å². The number of methoxy groups -OCH3 is 1. The van der Waals surface area contributed by atoms with Crippen LogP contribution in [0.5, 0.6) is 5.75 Å². The van der Waals surface area contributed by atoms with Gasteiger partial charge in [-0.2, -0.15) is 0 Å². The molecular formula is C31H30ClNO4. The molecule has 3 rings (SSSR count). The lowest BCUT2D eigenvalue weighted by Gasteiger charge is -2.25. The molecule has 0 heterocycles. The summed E-state index contributed by atoms with van der Waals surface area (Å²) in [7, 11) is 1.58. The van der Waals surface area contributed by atoms with E-state index in [0.717, 1.165) is 22.3 Å². The molecule has 1 N–H and O–H groups in total. The Hall–Kier alpha value is -3.96. The van der Waals surface area contributed by atoms with Crippen LogP contribution in [-0.4, -0.2) is 24.6 Å². The maximum atomic E-state index is 13.6. The molecule has 2 atom stereocenters. The zero-order chi connectivity index (χ0) is 26.9. The standard InChI is InChI=1S/C31H30ClNO4/c1-20-6-5-7-23(18-20)10-16-27(35)30(31(33-22(3)34)25-12-14-26(32)15-13-25)28(36)17-11-24-9-8-21(2)29(19-24)37-4/h5-19,30-31H,1-4H3,(H,33,34)/b16-10+,17-11+. The van der Waals surface area contributed by atoms with E-state index in [2.05, 4.69) is 5.32 Å². The van der Waals surface area contributed by atoms with E-state index in [1.165, 1.54) is 19.1 Å². The van der Waals surface area contributed by atoms with Gasteiger partial charge in [0.15, 0.2) is 11.6 Å². The van der Waals surface area contributed by atoms with Crippen molar-refractivity contribution in [1.29, 1.82) is 0 Å². The van der Waals surface area contributed by atoms with Gasteiger partial charge in [0.2, 0.25) is 5.91 Å². The van der Waals surface area contributed by atoms with Gasteiger partial charge in [0, 0.05) is 11.9 Å². The summed E-state index contributed by atoms with van der Waals surface area (Å²) >= 11 is 6.06. The molecule has 5 nitrogen and oxygen atoms in total. The van der Waals surface area contributed by atoms with Crippen molar-refractivity contribution in [3.05, 3.63) is 112 Å². The number of nitrogens with one attached hydrogen (secondary N) is 1. The van der Waals surface area contributed by atoms with Crippen LogP contribution in [0.3, 0.4) is 0 Å². The van der Waals surface area contributed by atoms with Crippen LogP contribution in [0.2, 0.25) is 5.02 Å². The average Bonchev–Trinajstić information content (AvgIpc) is 2.87. The van der Waals surface area contributed by atoms with Crippen LogP contribution >= 0.6 is 11.6 Å². The van der Waals surface area contributed by atoms with E-state index in [0.29, 0.717) is 16.3 Å². The van der Waals surface area contributed by atoms with Crippen molar-refractivity contribution < 1.29 is 19.1 Å². The molecule has 0 aromatic heterocycles. The molecule has 3 aromatic rings. The number of ketones is 2. The third-order valence-electron chi connectivity index (χ3n) is 5.89. The molecule has 0 aliphatic rings. The number of hydrogen-bond acceptors (Lipinski definition) is 4. The summed E-state index contributed by atoms with van der Waals surface area (Å²) in [6.45, 7) is 5.24. The largest absolute Gasteiger partial charge is 0.496 e. The highest BCUT2D eigenvalue weighted by Gasteiger charge is 2.34. The fourth-order valence-corrected chi connectivity index (χ4v) is 4.12. The van der Waals surface area contributed by atoms with Gasteiger partial charge in [0.1, 0.15) is 11.7 Å². The number of amides is 1. The second-order valence-corrected chi connectivity index (χ2v) is 9.26. The predicted octanol–water partition coefficient (Wildman–Crippen LogP) is 6.32. The first-order valence-corrected chi connectivity index (χ1v) is 12.2. The van der Waals surface area contributed by atoms with Gasteiger partial charge in [0.25, 0.3) is 0 Å². The maximum absolute atomic E-state index is 13.6. The number of ether oxygens (including phenoxy) is 1. The molecule has 0 saturated carbocycles. The zero-order valence-corrected chi connectivity index (χ0v) is 22.1. The Morgan fingerprint density at radius 1 is 0.865 bits per heavy atom. The van der Waals surface area contributed by atoms with Gasteiger partial charge in [-0.3, -0.25) is 14.4 Å². The van der Waals surface area contributed by atoms with E-state index in [9.17, 15) is 14.4 Å². The van der Waals surface area contributed by atoms with E-state index in [-0.39, 0.29) is 5.91 Å². The summed E-state index contributed by atoms with van der Waals surface area (Å²) in [5, 5.41) is 3.30. The number of hydrogen-bond donors (Lipinski definition) is 1. The van der Waals surface area contributed by atoms with Gasteiger partial charge >= 0.3 is 0 Å². The number of aryl methyl sites for hydroxylation is 2. The Morgan fingerprint density at radius 2 is 1.49 bits per heavy atom. The highest BCUT2D eigenvalue weighted by atomic mass is 35.5. The summed E-state index contributed by atoms with van der Waals surface area (Å²) in [6, 6.07) is 19.1. The Balaban J connectivity index is 2.01. The fraction of sp³-hybridized carbons (Fsp3) is 0.194. The molecule has 2 unspecified atom stereocenters. The Bertz CT molecular complexity index is 1340. The SMILES string of the molecule is COc1cc(/C=C/C(=O)C(C(=O)/C=C/c2cccc(C)c2)C(NC(C)=O)c2ccc(Cl)cc2)ccc1C. The topological polar surface area (TPSA) is 72.5 Å². The van der Waals surface area contributed by atoms with Gasteiger partial charge < -0.3 is 10.1 Å². The summed E-state index contributed by atoms with van der Waals surface area (Å²) in [4.78, 5) is 39.2. The number of allylic oxidation sites excluding steroid dienone is 2. The number of carbonyl (C=O) groups is 3. The highest BCUT2D eigenvalue weighted by molar-refractivity contribution is 6.30. The first-order chi connectivity index (χ1) is 17.7. The van der Waals surface area contributed by atoms with Crippen LogP contribution in [0.4, 0.5) is 0 Å². The predicted molar refractivity (Wildman–Crippen MR) is 148 cm³/mol. The molecule has 190 valence electrons. The van der Waals surface area contributed by atoms with Crippen molar-refractivity contribution in [1.82, 2.24) is 5.32 Å². The lowest BCUT2D eigenvalue weighted by molar-refractivity contribution is -0.129. The van der Waals surface area contributed by atoms with Gasteiger partial charge in [-0.05, 0) is 66.5 Å². The molecular weight excluding hydrogens is 486 g/mol. The van der Waals surface area contributed by atoms with E-state index in [1.54, 1.807) is 43.5 Å². The van der Waals surface area contributed by atoms with Crippen molar-refractivity contribution in [2.45, 2.75) is 26.8 Å². The van der Waals surface area contributed by atoms with Crippen molar-refractivity contribution >= 4 is 41.2 Å². The molecule has 0 fully saturated rings. The highest BCUT2D eigenvalue weighted by Crippen LogP contribution is 2.27. The minimum absolute atomic E-state index is 0.361. The number of rotatable bonds is 10. The Kier molecular flexibility index (Phi) is 9.58. The molecule has 0 saturated heterocycles. The Labute approximate surface area is 222 Å². The molecule has 0 bridgehead atoms. The second-order valence-electron chi connectivity index (χ2n) is 8.82. The normalized spacial score (nSPS) is 12.9. The molecule has 0 aliphatic carbocycles. The van der Waals surface area contributed by atoms with E-state index >= 15 is 0 Å². The lowest BCUT2D eigenvalue weighted by Crippen LogP contribution is -2.39. The van der Waals surface area contributed by atoms with Gasteiger partial charge in [-0.25, -0.2) is 0 Å².